The van der Waals surface area contributed by atoms with Crippen LogP contribution in [0.3, 0.4) is 0 Å². The average molecular weight is 342 g/mol. The lowest BCUT2D eigenvalue weighted by atomic mass is 9.86. The summed E-state index contributed by atoms with van der Waals surface area (Å²) in [7, 11) is 0. The Morgan fingerprint density at radius 1 is 1.24 bits per heavy atom. The molecule has 2 aliphatic rings. The summed E-state index contributed by atoms with van der Waals surface area (Å²) in [5.74, 6) is 2.34. The molecule has 2 aliphatic carbocycles. The van der Waals surface area contributed by atoms with E-state index in [9.17, 15) is 9.59 Å². The van der Waals surface area contributed by atoms with Crippen molar-refractivity contribution in [2.24, 2.45) is 17.8 Å². The Labute approximate surface area is 150 Å². The highest BCUT2D eigenvalue weighted by Crippen LogP contribution is 2.49. The van der Waals surface area contributed by atoms with Crippen molar-refractivity contribution in [3.05, 3.63) is 35.4 Å². The molecule has 2 saturated carbocycles. The van der Waals surface area contributed by atoms with Gasteiger partial charge in [0.05, 0.1) is 0 Å². The van der Waals surface area contributed by atoms with Gasteiger partial charge < -0.3 is 10.6 Å². The zero-order valence-corrected chi connectivity index (χ0v) is 15.4. The second-order valence-electron chi connectivity index (χ2n) is 7.90. The number of nitrogens with one attached hydrogen (secondary N) is 2. The molecule has 1 aromatic rings. The van der Waals surface area contributed by atoms with Gasteiger partial charge >= 0.3 is 0 Å². The van der Waals surface area contributed by atoms with E-state index in [0.717, 1.165) is 23.8 Å². The molecule has 0 spiro atoms. The fourth-order valence-corrected chi connectivity index (χ4v) is 4.37. The monoisotopic (exact) mass is 342 g/mol. The lowest BCUT2D eigenvalue weighted by molar-refractivity contribution is -0.122. The highest BCUT2D eigenvalue weighted by molar-refractivity contribution is 5.94. The van der Waals surface area contributed by atoms with E-state index in [2.05, 4.69) is 10.6 Å². The molecule has 2 amide bonds. The zero-order valence-electron chi connectivity index (χ0n) is 15.4. The first-order valence-corrected chi connectivity index (χ1v) is 9.71. The maximum Gasteiger partial charge on any atom is 0.251 e. The van der Waals surface area contributed by atoms with Gasteiger partial charge in [0, 0.05) is 24.6 Å². The summed E-state index contributed by atoms with van der Waals surface area (Å²) < 4.78 is 0. The van der Waals surface area contributed by atoms with Crippen molar-refractivity contribution in [1.29, 1.82) is 0 Å². The number of carbonyl (C=O) groups is 2. The summed E-state index contributed by atoms with van der Waals surface area (Å²) in [6.45, 7) is 4.54. The first kappa shape index (κ1) is 18.0. The minimum absolute atomic E-state index is 0.0514. The van der Waals surface area contributed by atoms with Crippen molar-refractivity contribution >= 4 is 11.8 Å². The first-order valence-electron chi connectivity index (χ1n) is 9.71. The highest BCUT2D eigenvalue weighted by atomic mass is 16.2. The molecule has 0 aliphatic heterocycles. The largest absolute Gasteiger partial charge is 0.352 e. The lowest BCUT2D eigenvalue weighted by Gasteiger charge is -2.20. The van der Waals surface area contributed by atoms with Crippen LogP contribution >= 0.6 is 0 Å². The highest BCUT2D eigenvalue weighted by Gasteiger charge is 2.39. The maximum atomic E-state index is 12.3. The molecular formula is C21H30N2O2. The third-order valence-electron chi connectivity index (χ3n) is 6.00. The molecule has 25 heavy (non-hydrogen) atoms. The lowest BCUT2D eigenvalue weighted by Crippen LogP contribution is -2.32. The second-order valence-corrected chi connectivity index (χ2v) is 7.90. The van der Waals surface area contributed by atoms with E-state index in [1.165, 1.54) is 25.7 Å². The average Bonchev–Trinajstić information content (AvgIpc) is 3.23. The van der Waals surface area contributed by atoms with Gasteiger partial charge in [0.2, 0.25) is 5.91 Å². The van der Waals surface area contributed by atoms with E-state index in [1.54, 1.807) is 0 Å². The first-order chi connectivity index (χ1) is 12.0. The van der Waals surface area contributed by atoms with Crippen LogP contribution in [0.15, 0.2) is 24.3 Å². The Morgan fingerprint density at radius 2 is 2.08 bits per heavy atom. The Kier molecular flexibility index (Phi) is 5.77. The van der Waals surface area contributed by atoms with E-state index in [1.807, 2.05) is 38.1 Å². The summed E-state index contributed by atoms with van der Waals surface area (Å²) in [5.41, 5.74) is 1.62. The van der Waals surface area contributed by atoms with Crippen LogP contribution in [0.1, 0.15) is 68.3 Å². The summed E-state index contributed by atoms with van der Waals surface area (Å²) >= 11 is 0. The van der Waals surface area contributed by atoms with Crippen molar-refractivity contribution < 1.29 is 9.59 Å². The Morgan fingerprint density at radius 3 is 2.76 bits per heavy atom. The van der Waals surface area contributed by atoms with Crippen LogP contribution in [0.5, 0.6) is 0 Å². The van der Waals surface area contributed by atoms with Gasteiger partial charge in [0.15, 0.2) is 0 Å². The molecule has 4 nitrogen and oxygen atoms in total. The smallest absolute Gasteiger partial charge is 0.251 e. The molecule has 0 radical (unpaired) electrons. The van der Waals surface area contributed by atoms with Gasteiger partial charge in [-0.3, -0.25) is 9.59 Å². The SMILES string of the molecule is CC[C@H](C)NC(=O)c1cccc(CNC(=O)C[C@H]2C[C@H]3CC[C@H]2C3)c1. The van der Waals surface area contributed by atoms with Gasteiger partial charge in [-0.05, 0) is 68.1 Å². The van der Waals surface area contributed by atoms with Gasteiger partial charge in [-0.2, -0.15) is 0 Å². The predicted molar refractivity (Wildman–Crippen MR) is 99.1 cm³/mol. The van der Waals surface area contributed by atoms with Gasteiger partial charge in [-0.25, -0.2) is 0 Å². The molecule has 0 aromatic heterocycles. The van der Waals surface area contributed by atoms with E-state index < -0.39 is 0 Å². The number of hydrogen-bond acceptors (Lipinski definition) is 2. The number of rotatable bonds is 7. The van der Waals surface area contributed by atoms with Crippen molar-refractivity contribution in [2.75, 3.05) is 0 Å². The molecule has 4 atom stereocenters. The third-order valence-corrected chi connectivity index (χ3v) is 6.00. The summed E-state index contributed by atoms with van der Waals surface area (Å²) in [4.78, 5) is 24.5. The van der Waals surface area contributed by atoms with Gasteiger partial charge in [0.1, 0.15) is 0 Å². The summed E-state index contributed by atoms with van der Waals surface area (Å²) in [5, 5.41) is 6.01. The Balaban J connectivity index is 1.48. The molecule has 0 heterocycles. The molecule has 1 aromatic carbocycles. The Hall–Kier alpha value is -1.84. The zero-order chi connectivity index (χ0) is 17.8. The second kappa shape index (κ2) is 8.03. The fourth-order valence-electron chi connectivity index (χ4n) is 4.37. The topological polar surface area (TPSA) is 58.2 Å². The van der Waals surface area contributed by atoms with Crippen molar-refractivity contribution in [2.45, 2.75) is 65.0 Å². The van der Waals surface area contributed by atoms with Crippen molar-refractivity contribution in [3.63, 3.8) is 0 Å². The summed E-state index contributed by atoms with van der Waals surface area (Å²) in [6.07, 6.45) is 6.83. The maximum absolute atomic E-state index is 12.3. The van der Waals surface area contributed by atoms with Crippen LogP contribution in [-0.4, -0.2) is 17.9 Å². The number of benzene rings is 1. The van der Waals surface area contributed by atoms with E-state index in [0.29, 0.717) is 24.4 Å². The van der Waals surface area contributed by atoms with Crippen LogP contribution in [0.25, 0.3) is 0 Å². The van der Waals surface area contributed by atoms with E-state index in [-0.39, 0.29) is 17.9 Å². The third kappa shape index (κ3) is 4.62. The van der Waals surface area contributed by atoms with Crippen LogP contribution in [0.2, 0.25) is 0 Å². The normalized spacial score (nSPS) is 25.6. The standard InChI is InChI=1S/C21H30N2O2/c1-3-14(2)23-21(25)18-6-4-5-16(11-18)13-22-20(24)12-19-10-15-7-8-17(19)9-15/h4-6,11,14-15,17,19H,3,7-10,12-13H2,1-2H3,(H,22,24)(H,23,25)/t14-,15-,17-,19+/m0/s1. The number of hydrogen-bond donors (Lipinski definition) is 2. The van der Waals surface area contributed by atoms with E-state index in [4.69, 9.17) is 0 Å². The number of amides is 2. The van der Waals surface area contributed by atoms with Crippen LogP contribution < -0.4 is 10.6 Å². The van der Waals surface area contributed by atoms with Gasteiger partial charge in [-0.1, -0.05) is 25.5 Å². The van der Waals surface area contributed by atoms with Crippen LogP contribution in [-0.2, 0) is 11.3 Å². The van der Waals surface area contributed by atoms with Gasteiger partial charge in [-0.15, -0.1) is 0 Å². The molecule has 3 rings (SSSR count). The predicted octanol–water partition coefficient (Wildman–Crippen LogP) is 3.66. The fraction of sp³-hybridized carbons (Fsp3) is 0.619. The van der Waals surface area contributed by atoms with Crippen molar-refractivity contribution in [3.8, 4) is 0 Å². The molecule has 0 saturated heterocycles. The van der Waals surface area contributed by atoms with Gasteiger partial charge in [0.25, 0.3) is 5.91 Å². The van der Waals surface area contributed by atoms with E-state index >= 15 is 0 Å². The van der Waals surface area contributed by atoms with Crippen molar-refractivity contribution in [1.82, 2.24) is 10.6 Å². The molecule has 2 fully saturated rings. The quantitative estimate of drug-likeness (QED) is 0.794. The molecule has 4 heteroatoms. The van der Waals surface area contributed by atoms with Crippen LogP contribution in [0, 0.1) is 17.8 Å². The number of fused-ring (bicyclic) bond motifs is 2. The molecule has 136 valence electrons. The van der Waals surface area contributed by atoms with Crippen LogP contribution in [0.4, 0.5) is 0 Å². The Bertz CT molecular complexity index is 628. The molecule has 2 bridgehead atoms. The molecule has 2 N–H and O–H groups in total. The number of carbonyl (C=O) groups excluding carboxylic acids is 2. The minimum Gasteiger partial charge on any atom is -0.352 e. The summed E-state index contributed by atoms with van der Waals surface area (Å²) in [6, 6.07) is 7.69. The molecular weight excluding hydrogens is 312 g/mol. The minimum atomic E-state index is -0.0514. The molecule has 0 unspecified atom stereocenters.